The van der Waals surface area contributed by atoms with Crippen LogP contribution in [0.15, 0.2) is 61.2 Å². The van der Waals surface area contributed by atoms with Crippen molar-refractivity contribution in [2.45, 2.75) is 13.8 Å². The lowest BCUT2D eigenvalue weighted by molar-refractivity contribution is -0.118. The number of H-pyrrole nitrogens is 2. The van der Waals surface area contributed by atoms with Crippen molar-refractivity contribution in [3.05, 3.63) is 67.0 Å². The normalized spacial score (nSPS) is 11.4. The lowest BCUT2D eigenvalue weighted by atomic mass is 10.1. The Morgan fingerprint density at radius 1 is 1.00 bits per heavy atom. The smallest absolute Gasteiger partial charge is 0.226 e. The molecule has 0 aliphatic carbocycles. The Labute approximate surface area is 221 Å². The van der Waals surface area contributed by atoms with Gasteiger partial charge in [0, 0.05) is 47.3 Å². The van der Waals surface area contributed by atoms with Gasteiger partial charge >= 0.3 is 0 Å². The highest BCUT2D eigenvalue weighted by atomic mass is 19.1. The van der Waals surface area contributed by atoms with E-state index >= 15 is 0 Å². The number of fused-ring (bicyclic) bond motifs is 2. The van der Waals surface area contributed by atoms with Crippen LogP contribution in [0.4, 0.5) is 10.1 Å². The summed E-state index contributed by atoms with van der Waals surface area (Å²) in [6.07, 6.45) is 6.66. The lowest BCUT2D eigenvalue weighted by Gasteiger charge is -2.09. The minimum atomic E-state index is -0.432. The van der Waals surface area contributed by atoms with E-state index in [0.717, 1.165) is 22.0 Å². The molecule has 1 aromatic carbocycles. The molecule has 1 amide bonds. The zero-order valence-electron chi connectivity index (χ0n) is 21.3. The quantitative estimate of drug-likeness (QED) is 0.268. The van der Waals surface area contributed by atoms with Gasteiger partial charge in [-0.15, -0.1) is 0 Å². The topological polar surface area (TPSA) is 134 Å². The number of ether oxygens (including phenoxy) is 1. The van der Waals surface area contributed by atoms with Gasteiger partial charge in [0.25, 0.3) is 0 Å². The van der Waals surface area contributed by atoms with Crippen LogP contribution in [0, 0.1) is 11.7 Å². The molecule has 194 valence electrons. The SMILES string of the molecule is COc1cc(F)cc(-c2nccc3[nH]c(-c4n[nH]c5ncc(-c6cncc(NC(=O)C(C)C)c6)cc45)nc23)c1. The van der Waals surface area contributed by atoms with Crippen molar-refractivity contribution in [2.24, 2.45) is 5.92 Å². The maximum Gasteiger partial charge on any atom is 0.226 e. The number of imidazole rings is 1. The average molecular weight is 523 g/mol. The highest BCUT2D eigenvalue weighted by Gasteiger charge is 2.18. The Balaban J connectivity index is 1.41. The molecule has 0 unspecified atom stereocenters. The van der Waals surface area contributed by atoms with Crippen LogP contribution in [0.25, 0.3) is 56.0 Å². The maximum absolute atomic E-state index is 14.2. The van der Waals surface area contributed by atoms with Crippen molar-refractivity contribution in [1.29, 1.82) is 0 Å². The van der Waals surface area contributed by atoms with Crippen molar-refractivity contribution in [1.82, 2.24) is 35.1 Å². The number of methoxy groups -OCH3 is 1. The summed E-state index contributed by atoms with van der Waals surface area (Å²) in [7, 11) is 1.48. The van der Waals surface area contributed by atoms with Gasteiger partial charge in [-0.25, -0.2) is 14.4 Å². The number of hydrogen-bond donors (Lipinski definition) is 3. The van der Waals surface area contributed by atoms with Gasteiger partial charge in [0.05, 0.1) is 35.6 Å². The highest BCUT2D eigenvalue weighted by Crippen LogP contribution is 2.33. The van der Waals surface area contributed by atoms with Gasteiger partial charge in [-0.2, -0.15) is 5.10 Å². The molecule has 0 atom stereocenters. The van der Waals surface area contributed by atoms with Crippen molar-refractivity contribution in [3.63, 3.8) is 0 Å². The number of aromatic amines is 2. The van der Waals surface area contributed by atoms with Crippen LogP contribution in [0.5, 0.6) is 5.75 Å². The molecule has 6 rings (SSSR count). The monoisotopic (exact) mass is 522 g/mol. The highest BCUT2D eigenvalue weighted by molar-refractivity contribution is 5.97. The van der Waals surface area contributed by atoms with Crippen LogP contribution in [0.1, 0.15) is 13.8 Å². The summed E-state index contributed by atoms with van der Waals surface area (Å²) < 4.78 is 19.4. The minimum Gasteiger partial charge on any atom is -0.497 e. The van der Waals surface area contributed by atoms with Crippen LogP contribution in [0.3, 0.4) is 0 Å². The number of amides is 1. The fourth-order valence-electron chi connectivity index (χ4n) is 4.27. The third-order valence-corrected chi connectivity index (χ3v) is 6.29. The summed E-state index contributed by atoms with van der Waals surface area (Å²) in [4.78, 5) is 33.5. The second kappa shape index (κ2) is 9.60. The van der Waals surface area contributed by atoms with E-state index in [1.165, 1.54) is 19.2 Å². The number of anilines is 1. The largest absolute Gasteiger partial charge is 0.497 e. The molecule has 5 heterocycles. The fourth-order valence-corrected chi connectivity index (χ4v) is 4.27. The zero-order chi connectivity index (χ0) is 27.1. The predicted octanol–water partition coefficient (Wildman–Crippen LogP) is 5.37. The molecule has 0 aliphatic rings. The van der Waals surface area contributed by atoms with Gasteiger partial charge in [0.2, 0.25) is 5.91 Å². The van der Waals surface area contributed by atoms with Gasteiger partial charge in [0.15, 0.2) is 11.5 Å². The Bertz CT molecular complexity index is 1860. The number of pyridine rings is 3. The Morgan fingerprint density at radius 2 is 1.85 bits per heavy atom. The van der Waals surface area contributed by atoms with Crippen molar-refractivity contribution in [3.8, 4) is 39.7 Å². The number of rotatable bonds is 6. The van der Waals surface area contributed by atoms with E-state index in [1.807, 2.05) is 26.0 Å². The minimum absolute atomic E-state index is 0.0879. The summed E-state index contributed by atoms with van der Waals surface area (Å²) in [6, 6.07) is 10.0. The number of benzene rings is 1. The third kappa shape index (κ3) is 4.54. The number of aromatic nitrogens is 7. The number of carbonyl (C=O) groups is 1. The molecule has 5 aromatic heterocycles. The van der Waals surface area contributed by atoms with Crippen LogP contribution < -0.4 is 10.1 Å². The average Bonchev–Trinajstić information content (AvgIpc) is 3.56. The van der Waals surface area contributed by atoms with E-state index in [-0.39, 0.29) is 11.8 Å². The van der Waals surface area contributed by atoms with Gasteiger partial charge in [-0.1, -0.05) is 13.8 Å². The van der Waals surface area contributed by atoms with Gasteiger partial charge < -0.3 is 15.0 Å². The number of nitrogens with one attached hydrogen (secondary N) is 3. The third-order valence-electron chi connectivity index (χ3n) is 6.29. The molecule has 10 nitrogen and oxygen atoms in total. The number of carbonyl (C=O) groups excluding carboxylic acids is 1. The summed E-state index contributed by atoms with van der Waals surface area (Å²) in [6.45, 7) is 3.66. The molecule has 0 bridgehead atoms. The first kappa shape index (κ1) is 24.2. The van der Waals surface area contributed by atoms with Crippen molar-refractivity contribution < 1.29 is 13.9 Å². The number of halogens is 1. The summed E-state index contributed by atoms with van der Waals surface area (Å²) in [5.74, 6) is 0.221. The molecule has 0 saturated carbocycles. The summed E-state index contributed by atoms with van der Waals surface area (Å²) >= 11 is 0. The Kier molecular flexibility index (Phi) is 5.95. The van der Waals surface area contributed by atoms with Crippen LogP contribution in [0.2, 0.25) is 0 Å². The second-order valence-corrected chi connectivity index (χ2v) is 9.32. The van der Waals surface area contributed by atoms with Crippen LogP contribution >= 0.6 is 0 Å². The molecular formula is C28H23FN8O2. The predicted molar refractivity (Wildman–Crippen MR) is 145 cm³/mol. The molecule has 0 fully saturated rings. The van der Waals surface area contributed by atoms with Gasteiger partial charge in [-0.3, -0.25) is 19.9 Å². The van der Waals surface area contributed by atoms with E-state index < -0.39 is 5.82 Å². The molecule has 0 radical (unpaired) electrons. The zero-order valence-corrected chi connectivity index (χ0v) is 21.3. The molecular weight excluding hydrogens is 499 g/mol. The molecule has 0 saturated heterocycles. The number of hydrogen-bond acceptors (Lipinski definition) is 7. The summed E-state index contributed by atoms with van der Waals surface area (Å²) in [5, 5.41) is 11.0. The summed E-state index contributed by atoms with van der Waals surface area (Å²) in [5.41, 5.74) is 5.67. The molecule has 3 N–H and O–H groups in total. The van der Waals surface area contributed by atoms with E-state index in [4.69, 9.17) is 9.72 Å². The second-order valence-electron chi connectivity index (χ2n) is 9.32. The molecule has 6 aromatic rings. The van der Waals surface area contributed by atoms with E-state index in [9.17, 15) is 9.18 Å². The van der Waals surface area contributed by atoms with E-state index in [1.54, 1.807) is 36.9 Å². The molecule has 0 spiro atoms. The van der Waals surface area contributed by atoms with Crippen LogP contribution in [-0.4, -0.2) is 48.1 Å². The molecule has 0 aliphatic heterocycles. The van der Waals surface area contributed by atoms with Crippen molar-refractivity contribution >= 4 is 33.7 Å². The lowest BCUT2D eigenvalue weighted by Crippen LogP contribution is -2.17. The fraction of sp³-hybridized carbons (Fsp3) is 0.143. The number of nitrogens with zero attached hydrogens (tertiary/aromatic N) is 5. The first-order valence-corrected chi connectivity index (χ1v) is 12.2. The Hall–Kier alpha value is -5.19. The first-order chi connectivity index (χ1) is 18.9. The Morgan fingerprint density at radius 3 is 2.67 bits per heavy atom. The van der Waals surface area contributed by atoms with Gasteiger partial charge in [-0.05, 0) is 30.3 Å². The van der Waals surface area contributed by atoms with Crippen LogP contribution in [-0.2, 0) is 4.79 Å². The standard InChI is InChI=1S/C28H23FN8O2/c1-14(2)28(38)33-19-7-16(11-30-13-19)17-9-21-24(36-37-26(21)32-12-17)27-34-22-4-5-31-23(25(22)35-27)15-6-18(29)10-20(8-15)39-3/h4-14H,1-3H3,(H,33,38)(H,34,35)(H,32,36,37). The van der Waals surface area contributed by atoms with E-state index in [2.05, 4.69) is 35.5 Å². The maximum atomic E-state index is 14.2. The van der Waals surface area contributed by atoms with E-state index in [0.29, 0.717) is 45.4 Å². The van der Waals surface area contributed by atoms with Gasteiger partial charge in [0.1, 0.15) is 22.8 Å². The van der Waals surface area contributed by atoms with Crippen molar-refractivity contribution in [2.75, 3.05) is 12.4 Å². The first-order valence-electron chi connectivity index (χ1n) is 12.2. The molecule has 39 heavy (non-hydrogen) atoms. The molecule has 11 heteroatoms.